The number of carbonyl (C=O) groups excluding carboxylic acids is 1. The molecule has 5 nitrogen and oxygen atoms in total. The number of thiophene rings is 1. The van der Waals surface area contributed by atoms with Gasteiger partial charge in [0, 0.05) is 26.0 Å². The van der Waals surface area contributed by atoms with Crippen LogP contribution in [-0.4, -0.2) is 39.5 Å². The first-order valence-electron chi connectivity index (χ1n) is 6.88. The van der Waals surface area contributed by atoms with Crippen molar-refractivity contribution < 1.29 is 4.79 Å². The van der Waals surface area contributed by atoms with E-state index in [0.717, 1.165) is 12.1 Å². The molecule has 21 heavy (non-hydrogen) atoms. The normalized spacial score (nSPS) is 11.1. The minimum Gasteiger partial charge on any atom is -0.266 e. The van der Waals surface area contributed by atoms with E-state index in [-0.39, 0.29) is 5.91 Å². The smallest absolute Gasteiger partial charge is 0.266 e. The number of hydrogen-bond donors (Lipinski definition) is 0. The second kappa shape index (κ2) is 7.28. The van der Waals surface area contributed by atoms with Crippen LogP contribution in [0, 0.1) is 5.92 Å². The van der Waals surface area contributed by atoms with Gasteiger partial charge in [-0.05, 0) is 28.3 Å². The Hall–Kier alpha value is -1.79. The zero-order valence-corrected chi connectivity index (χ0v) is 13.4. The standard InChI is InChI=1S/C15H20N4OS/c1-12(2)9-18(3)19(10-13-4-7-21-11-13)15(20)14-8-16-5-6-17-14/h4-8,11-12H,9-10H2,1-3H3. The fourth-order valence-corrected chi connectivity index (χ4v) is 2.73. The van der Waals surface area contributed by atoms with Gasteiger partial charge in [-0.15, -0.1) is 0 Å². The Bertz CT molecular complexity index is 556. The summed E-state index contributed by atoms with van der Waals surface area (Å²) >= 11 is 1.63. The molecule has 0 aliphatic carbocycles. The number of nitrogens with zero attached hydrogens (tertiary/aromatic N) is 4. The summed E-state index contributed by atoms with van der Waals surface area (Å²) in [5.74, 6) is 0.340. The van der Waals surface area contributed by atoms with Crippen LogP contribution in [0.15, 0.2) is 35.4 Å². The molecule has 0 saturated carbocycles. The lowest BCUT2D eigenvalue weighted by Crippen LogP contribution is -2.45. The van der Waals surface area contributed by atoms with Crippen LogP contribution in [0.25, 0.3) is 0 Å². The number of amides is 1. The van der Waals surface area contributed by atoms with Crippen molar-refractivity contribution in [2.45, 2.75) is 20.4 Å². The molecule has 0 spiro atoms. The van der Waals surface area contributed by atoms with Gasteiger partial charge >= 0.3 is 0 Å². The lowest BCUT2D eigenvalue weighted by Gasteiger charge is -2.32. The Kier molecular flexibility index (Phi) is 5.41. The van der Waals surface area contributed by atoms with Crippen LogP contribution in [0.5, 0.6) is 0 Å². The maximum absolute atomic E-state index is 12.7. The fourth-order valence-electron chi connectivity index (χ4n) is 2.07. The van der Waals surface area contributed by atoms with Crippen LogP contribution in [0.1, 0.15) is 29.9 Å². The van der Waals surface area contributed by atoms with Gasteiger partial charge in [0.05, 0.1) is 12.7 Å². The largest absolute Gasteiger partial charge is 0.288 e. The fraction of sp³-hybridized carbons (Fsp3) is 0.400. The molecule has 0 aliphatic heterocycles. The molecule has 0 aliphatic rings. The first kappa shape index (κ1) is 15.6. The molecule has 0 radical (unpaired) electrons. The van der Waals surface area contributed by atoms with E-state index in [0.29, 0.717) is 18.2 Å². The molecule has 112 valence electrons. The molecular weight excluding hydrogens is 284 g/mol. The van der Waals surface area contributed by atoms with E-state index in [1.807, 2.05) is 23.5 Å². The van der Waals surface area contributed by atoms with E-state index < -0.39 is 0 Å². The topological polar surface area (TPSA) is 49.3 Å². The summed E-state index contributed by atoms with van der Waals surface area (Å²) in [6.45, 7) is 5.61. The quantitative estimate of drug-likeness (QED) is 0.770. The predicted molar refractivity (Wildman–Crippen MR) is 83.7 cm³/mol. The third-order valence-corrected chi connectivity index (χ3v) is 3.70. The predicted octanol–water partition coefficient (Wildman–Crippen LogP) is 2.68. The summed E-state index contributed by atoms with van der Waals surface area (Å²) in [6.07, 6.45) is 4.61. The van der Waals surface area contributed by atoms with Crippen molar-refractivity contribution in [3.8, 4) is 0 Å². The minimum atomic E-state index is -0.127. The third-order valence-electron chi connectivity index (χ3n) is 2.97. The van der Waals surface area contributed by atoms with E-state index in [1.54, 1.807) is 28.7 Å². The molecule has 0 fully saturated rings. The highest BCUT2D eigenvalue weighted by Crippen LogP contribution is 2.14. The zero-order valence-electron chi connectivity index (χ0n) is 12.6. The first-order chi connectivity index (χ1) is 10.1. The van der Waals surface area contributed by atoms with Gasteiger partial charge in [-0.1, -0.05) is 13.8 Å². The van der Waals surface area contributed by atoms with Gasteiger partial charge in [0.1, 0.15) is 5.69 Å². The van der Waals surface area contributed by atoms with Crippen molar-refractivity contribution in [3.05, 3.63) is 46.7 Å². The number of rotatable bonds is 6. The third kappa shape index (κ3) is 4.34. The molecule has 0 N–H and O–H groups in total. The van der Waals surface area contributed by atoms with Gasteiger partial charge in [0.15, 0.2) is 0 Å². The Morgan fingerprint density at radius 1 is 1.38 bits per heavy atom. The Balaban J connectivity index is 2.20. The highest BCUT2D eigenvalue weighted by atomic mass is 32.1. The molecule has 1 amide bonds. The van der Waals surface area contributed by atoms with Crippen LogP contribution in [0.4, 0.5) is 0 Å². The van der Waals surface area contributed by atoms with Gasteiger partial charge in [0.2, 0.25) is 0 Å². The second-order valence-electron chi connectivity index (χ2n) is 5.32. The van der Waals surface area contributed by atoms with E-state index in [1.165, 1.54) is 6.20 Å². The van der Waals surface area contributed by atoms with Crippen LogP contribution < -0.4 is 0 Å². The lowest BCUT2D eigenvalue weighted by atomic mass is 10.2. The molecule has 0 aromatic carbocycles. The summed E-state index contributed by atoms with van der Waals surface area (Å²) in [5, 5.41) is 7.76. The number of hydrogen-bond acceptors (Lipinski definition) is 5. The SMILES string of the molecule is CC(C)CN(C)N(Cc1ccsc1)C(=O)c1cnccn1. The summed E-state index contributed by atoms with van der Waals surface area (Å²) in [4.78, 5) is 20.8. The van der Waals surface area contributed by atoms with Gasteiger partial charge in [-0.2, -0.15) is 11.3 Å². The monoisotopic (exact) mass is 304 g/mol. The van der Waals surface area contributed by atoms with Gasteiger partial charge in [0.25, 0.3) is 5.91 Å². The molecule has 2 aromatic rings. The van der Waals surface area contributed by atoms with Crippen molar-refractivity contribution in [1.29, 1.82) is 0 Å². The maximum Gasteiger partial charge on any atom is 0.288 e. The van der Waals surface area contributed by atoms with Crippen molar-refractivity contribution in [3.63, 3.8) is 0 Å². The first-order valence-corrected chi connectivity index (χ1v) is 7.82. The molecule has 2 rings (SSSR count). The summed E-state index contributed by atoms with van der Waals surface area (Å²) in [7, 11) is 1.93. The molecule has 0 bridgehead atoms. The van der Waals surface area contributed by atoms with E-state index >= 15 is 0 Å². The van der Waals surface area contributed by atoms with Crippen molar-refractivity contribution in [2.24, 2.45) is 5.92 Å². The highest BCUT2D eigenvalue weighted by Gasteiger charge is 2.22. The Morgan fingerprint density at radius 3 is 2.76 bits per heavy atom. The van der Waals surface area contributed by atoms with Crippen LogP contribution in [0.3, 0.4) is 0 Å². The molecule has 0 saturated heterocycles. The lowest BCUT2D eigenvalue weighted by molar-refractivity contribution is -0.00550. The molecular formula is C15H20N4OS. The van der Waals surface area contributed by atoms with Gasteiger partial charge < -0.3 is 0 Å². The zero-order chi connectivity index (χ0) is 15.2. The summed E-state index contributed by atoms with van der Waals surface area (Å²) in [5.41, 5.74) is 1.48. The van der Waals surface area contributed by atoms with Gasteiger partial charge in [-0.25, -0.2) is 9.99 Å². The average molecular weight is 304 g/mol. The average Bonchev–Trinajstić information content (AvgIpc) is 2.97. The summed E-state index contributed by atoms with van der Waals surface area (Å²) < 4.78 is 0. The van der Waals surface area contributed by atoms with Gasteiger partial charge in [-0.3, -0.25) is 14.8 Å². The molecule has 6 heteroatoms. The highest BCUT2D eigenvalue weighted by molar-refractivity contribution is 7.07. The molecule has 0 unspecified atom stereocenters. The van der Waals surface area contributed by atoms with E-state index in [9.17, 15) is 4.79 Å². The van der Waals surface area contributed by atoms with Crippen molar-refractivity contribution in [2.75, 3.05) is 13.6 Å². The van der Waals surface area contributed by atoms with Crippen molar-refractivity contribution in [1.82, 2.24) is 20.0 Å². The van der Waals surface area contributed by atoms with Crippen LogP contribution in [0.2, 0.25) is 0 Å². The molecule has 2 heterocycles. The molecule has 0 atom stereocenters. The van der Waals surface area contributed by atoms with Crippen molar-refractivity contribution >= 4 is 17.2 Å². The van der Waals surface area contributed by atoms with Crippen LogP contribution >= 0.6 is 11.3 Å². The number of hydrazine groups is 1. The van der Waals surface area contributed by atoms with E-state index in [2.05, 4.69) is 29.2 Å². The summed E-state index contributed by atoms with van der Waals surface area (Å²) in [6, 6.07) is 2.03. The number of carbonyl (C=O) groups is 1. The van der Waals surface area contributed by atoms with E-state index in [4.69, 9.17) is 0 Å². The maximum atomic E-state index is 12.7. The Labute approximate surface area is 129 Å². The number of aromatic nitrogens is 2. The molecule has 2 aromatic heterocycles. The minimum absolute atomic E-state index is 0.127. The Morgan fingerprint density at radius 2 is 2.19 bits per heavy atom. The second-order valence-corrected chi connectivity index (χ2v) is 6.10. The van der Waals surface area contributed by atoms with Crippen LogP contribution in [-0.2, 0) is 6.54 Å².